The summed E-state index contributed by atoms with van der Waals surface area (Å²) in [7, 11) is 1.53. The summed E-state index contributed by atoms with van der Waals surface area (Å²) in [5, 5.41) is 3.95. The van der Waals surface area contributed by atoms with E-state index >= 15 is 0 Å². The SMILES string of the molecule is CCC(CC)NC(=O)N(N)c1ccc(Oc2ccc(N)cc2)c(OC)c1. The maximum atomic E-state index is 12.3. The zero-order chi connectivity index (χ0) is 19.1. The van der Waals surface area contributed by atoms with Gasteiger partial charge in [0.05, 0.1) is 12.8 Å². The van der Waals surface area contributed by atoms with Gasteiger partial charge >= 0.3 is 6.03 Å². The molecule has 2 amide bonds. The summed E-state index contributed by atoms with van der Waals surface area (Å²) < 4.78 is 11.2. The smallest absolute Gasteiger partial charge is 0.336 e. The Morgan fingerprint density at radius 1 is 1.12 bits per heavy atom. The Morgan fingerprint density at radius 2 is 1.77 bits per heavy atom. The van der Waals surface area contributed by atoms with Crippen LogP contribution < -0.4 is 31.4 Å². The molecule has 0 aliphatic carbocycles. The fraction of sp³-hybridized carbons (Fsp3) is 0.316. The third kappa shape index (κ3) is 4.80. The van der Waals surface area contributed by atoms with E-state index in [1.54, 1.807) is 42.5 Å². The highest BCUT2D eigenvalue weighted by atomic mass is 16.5. The molecule has 0 bridgehead atoms. The van der Waals surface area contributed by atoms with Crippen LogP contribution in [0.5, 0.6) is 17.2 Å². The first kappa shape index (κ1) is 19.4. The number of anilines is 2. The number of hydrogen-bond donors (Lipinski definition) is 3. The highest BCUT2D eigenvalue weighted by Gasteiger charge is 2.17. The van der Waals surface area contributed by atoms with Gasteiger partial charge in [-0.15, -0.1) is 0 Å². The molecule has 2 rings (SSSR count). The second-order valence-corrected chi connectivity index (χ2v) is 5.84. The lowest BCUT2D eigenvalue weighted by Gasteiger charge is -2.22. The predicted octanol–water partition coefficient (Wildman–Crippen LogP) is 3.65. The molecular formula is C19H26N4O3. The molecule has 0 spiro atoms. The molecule has 7 heteroatoms. The van der Waals surface area contributed by atoms with Crippen LogP contribution in [0.3, 0.4) is 0 Å². The minimum atomic E-state index is -0.368. The van der Waals surface area contributed by atoms with Crippen molar-refractivity contribution in [1.82, 2.24) is 5.32 Å². The van der Waals surface area contributed by atoms with Gasteiger partial charge in [0.25, 0.3) is 0 Å². The van der Waals surface area contributed by atoms with Crippen molar-refractivity contribution in [2.75, 3.05) is 17.9 Å². The Labute approximate surface area is 153 Å². The summed E-state index contributed by atoms with van der Waals surface area (Å²) >= 11 is 0. The maximum Gasteiger partial charge on any atom is 0.336 e. The molecule has 0 aromatic heterocycles. The normalized spacial score (nSPS) is 10.5. The van der Waals surface area contributed by atoms with Crippen molar-refractivity contribution in [2.45, 2.75) is 32.7 Å². The fourth-order valence-corrected chi connectivity index (χ4v) is 2.41. The summed E-state index contributed by atoms with van der Waals surface area (Å²) in [5.41, 5.74) is 6.82. The van der Waals surface area contributed by atoms with Crippen LogP contribution in [0, 0.1) is 0 Å². The molecule has 2 aromatic rings. The second kappa shape index (κ2) is 8.96. The number of hydrazine groups is 1. The van der Waals surface area contributed by atoms with Gasteiger partial charge in [0.2, 0.25) is 0 Å². The number of urea groups is 1. The summed E-state index contributed by atoms with van der Waals surface area (Å²) in [6.45, 7) is 4.03. The van der Waals surface area contributed by atoms with Crippen molar-refractivity contribution in [1.29, 1.82) is 0 Å². The number of rotatable bonds is 7. The van der Waals surface area contributed by atoms with Gasteiger partial charge in [0, 0.05) is 17.8 Å². The van der Waals surface area contributed by atoms with Crippen LogP contribution in [0.15, 0.2) is 42.5 Å². The zero-order valence-electron chi connectivity index (χ0n) is 15.4. The number of ether oxygens (including phenoxy) is 2. The van der Waals surface area contributed by atoms with Crippen LogP contribution in [0.1, 0.15) is 26.7 Å². The molecule has 0 saturated heterocycles. The third-order valence-electron chi connectivity index (χ3n) is 4.07. The lowest BCUT2D eigenvalue weighted by atomic mass is 10.2. The van der Waals surface area contributed by atoms with Gasteiger partial charge in [-0.1, -0.05) is 13.8 Å². The quantitative estimate of drug-likeness (QED) is 0.303. The average Bonchev–Trinajstić information content (AvgIpc) is 2.67. The van der Waals surface area contributed by atoms with Gasteiger partial charge in [-0.2, -0.15) is 0 Å². The van der Waals surface area contributed by atoms with Crippen LogP contribution >= 0.6 is 0 Å². The molecule has 26 heavy (non-hydrogen) atoms. The first-order chi connectivity index (χ1) is 12.5. The Balaban J connectivity index is 2.16. The zero-order valence-corrected chi connectivity index (χ0v) is 15.4. The molecular weight excluding hydrogens is 332 g/mol. The Kier molecular flexibility index (Phi) is 6.68. The molecule has 7 nitrogen and oxygen atoms in total. The highest BCUT2D eigenvalue weighted by Crippen LogP contribution is 2.34. The lowest BCUT2D eigenvalue weighted by Crippen LogP contribution is -2.48. The Bertz CT molecular complexity index is 730. The summed E-state index contributed by atoms with van der Waals surface area (Å²) in [5.74, 6) is 7.55. The molecule has 0 aliphatic heterocycles. The number of methoxy groups -OCH3 is 1. The van der Waals surface area contributed by atoms with E-state index in [1.807, 2.05) is 13.8 Å². The van der Waals surface area contributed by atoms with Crippen molar-refractivity contribution in [3.8, 4) is 17.2 Å². The molecule has 0 heterocycles. The second-order valence-electron chi connectivity index (χ2n) is 5.84. The largest absolute Gasteiger partial charge is 0.493 e. The molecule has 5 N–H and O–H groups in total. The van der Waals surface area contributed by atoms with Crippen molar-refractivity contribution in [3.63, 3.8) is 0 Å². The number of nitrogens with two attached hydrogens (primary N) is 2. The van der Waals surface area contributed by atoms with E-state index in [2.05, 4.69) is 5.32 Å². The topological polar surface area (TPSA) is 103 Å². The number of hydrogen-bond acceptors (Lipinski definition) is 5. The van der Waals surface area contributed by atoms with E-state index in [-0.39, 0.29) is 12.1 Å². The number of amides is 2. The first-order valence-electron chi connectivity index (χ1n) is 8.55. The molecule has 140 valence electrons. The maximum absolute atomic E-state index is 12.3. The van der Waals surface area contributed by atoms with Crippen LogP contribution in [-0.2, 0) is 0 Å². The fourth-order valence-electron chi connectivity index (χ4n) is 2.41. The van der Waals surface area contributed by atoms with E-state index in [0.717, 1.165) is 17.9 Å². The van der Waals surface area contributed by atoms with Gasteiger partial charge in [-0.05, 0) is 49.2 Å². The lowest BCUT2D eigenvalue weighted by molar-refractivity contribution is 0.241. The first-order valence-corrected chi connectivity index (χ1v) is 8.55. The number of nitrogens with one attached hydrogen (secondary N) is 1. The van der Waals surface area contributed by atoms with E-state index < -0.39 is 0 Å². The van der Waals surface area contributed by atoms with Crippen molar-refractivity contribution in [3.05, 3.63) is 42.5 Å². The molecule has 0 fully saturated rings. The van der Waals surface area contributed by atoms with Crippen LogP contribution in [0.25, 0.3) is 0 Å². The van der Waals surface area contributed by atoms with Crippen LogP contribution in [-0.4, -0.2) is 19.2 Å². The predicted molar refractivity (Wildman–Crippen MR) is 103 cm³/mol. The molecule has 0 radical (unpaired) electrons. The van der Waals surface area contributed by atoms with Crippen LogP contribution in [0.2, 0.25) is 0 Å². The van der Waals surface area contributed by atoms with Gasteiger partial charge < -0.3 is 20.5 Å². The van der Waals surface area contributed by atoms with E-state index in [1.165, 1.54) is 7.11 Å². The van der Waals surface area contributed by atoms with Gasteiger partial charge in [-0.3, -0.25) is 0 Å². The number of benzene rings is 2. The third-order valence-corrected chi connectivity index (χ3v) is 4.07. The number of carbonyl (C=O) groups excluding carboxylic acids is 1. The number of carbonyl (C=O) groups is 1. The van der Waals surface area contributed by atoms with Gasteiger partial charge in [0.15, 0.2) is 11.5 Å². The van der Waals surface area contributed by atoms with Crippen molar-refractivity contribution < 1.29 is 14.3 Å². The molecule has 2 aromatic carbocycles. The Morgan fingerprint density at radius 3 is 2.35 bits per heavy atom. The molecule has 0 saturated carbocycles. The summed E-state index contributed by atoms with van der Waals surface area (Å²) in [6, 6.07) is 11.8. The van der Waals surface area contributed by atoms with Gasteiger partial charge in [-0.25, -0.2) is 15.6 Å². The van der Waals surface area contributed by atoms with E-state index in [9.17, 15) is 4.79 Å². The van der Waals surface area contributed by atoms with Gasteiger partial charge in [0.1, 0.15) is 5.75 Å². The van der Waals surface area contributed by atoms with Crippen molar-refractivity contribution in [2.24, 2.45) is 5.84 Å². The summed E-state index contributed by atoms with van der Waals surface area (Å²) in [6.07, 6.45) is 1.68. The number of nitrogen functional groups attached to an aromatic ring is 1. The molecule has 0 aliphatic rings. The summed E-state index contributed by atoms with van der Waals surface area (Å²) in [4.78, 5) is 12.3. The molecule has 0 atom stereocenters. The minimum Gasteiger partial charge on any atom is -0.493 e. The Hall–Kier alpha value is -2.93. The van der Waals surface area contributed by atoms with Crippen LogP contribution in [0.4, 0.5) is 16.2 Å². The standard InChI is InChI=1S/C19H26N4O3/c1-4-14(5-2)22-19(24)23(21)15-8-11-17(18(12-15)25-3)26-16-9-6-13(20)7-10-16/h6-12,14H,4-5,20-21H2,1-3H3,(H,22,24). The minimum absolute atomic E-state index is 0.0866. The highest BCUT2D eigenvalue weighted by molar-refractivity contribution is 5.91. The average molecular weight is 358 g/mol. The molecule has 0 unspecified atom stereocenters. The number of nitrogens with zero attached hydrogens (tertiary/aromatic N) is 1. The van der Waals surface area contributed by atoms with E-state index in [0.29, 0.717) is 28.6 Å². The monoisotopic (exact) mass is 358 g/mol. The van der Waals surface area contributed by atoms with E-state index in [4.69, 9.17) is 21.1 Å². The van der Waals surface area contributed by atoms with Crippen molar-refractivity contribution >= 4 is 17.4 Å².